The maximum atomic E-state index is 12.3. The molecule has 3 heterocycles. The molecular formula is C19H25N3O3. The Balaban J connectivity index is 1.28. The molecular weight excluding hydrogens is 318 g/mol. The number of carbonyl (C=O) groups excluding carboxylic acids is 1. The molecule has 2 amide bonds. The van der Waals surface area contributed by atoms with Gasteiger partial charge in [-0.2, -0.15) is 0 Å². The zero-order chi connectivity index (χ0) is 17.1. The minimum absolute atomic E-state index is 0.00395. The highest BCUT2D eigenvalue weighted by Crippen LogP contribution is 2.29. The molecule has 0 spiro atoms. The third-order valence-corrected chi connectivity index (χ3v) is 5.14. The van der Waals surface area contributed by atoms with Gasteiger partial charge in [0.25, 0.3) is 0 Å². The van der Waals surface area contributed by atoms with Crippen molar-refractivity contribution in [2.45, 2.75) is 24.9 Å². The molecule has 0 radical (unpaired) electrons. The van der Waals surface area contributed by atoms with Crippen molar-refractivity contribution >= 4 is 16.9 Å². The molecule has 0 unspecified atom stereocenters. The minimum Gasteiger partial charge on any atom is -0.376 e. The van der Waals surface area contributed by atoms with Gasteiger partial charge in [0.15, 0.2) is 0 Å². The molecule has 6 nitrogen and oxygen atoms in total. The van der Waals surface area contributed by atoms with Gasteiger partial charge < -0.3 is 24.7 Å². The van der Waals surface area contributed by atoms with E-state index in [2.05, 4.69) is 40.6 Å². The topological polar surface area (TPSA) is 66.6 Å². The average molecular weight is 343 g/mol. The number of carbonyl (C=O) groups is 1. The molecule has 1 aromatic carbocycles. The van der Waals surface area contributed by atoms with Gasteiger partial charge in [-0.05, 0) is 30.4 Å². The van der Waals surface area contributed by atoms with E-state index in [0.717, 1.165) is 25.9 Å². The maximum Gasteiger partial charge on any atom is 0.317 e. The van der Waals surface area contributed by atoms with Crippen LogP contribution >= 0.6 is 0 Å². The van der Waals surface area contributed by atoms with Crippen LogP contribution in [0.4, 0.5) is 4.79 Å². The maximum absolute atomic E-state index is 12.3. The van der Waals surface area contributed by atoms with E-state index in [9.17, 15) is 4.79 Å². The third kappa shape index (κ3) is 3.80. The first-order valence-corrected chi connectivity index (χ1v) is 9.09. The predicted octanol–water partition coefficient (Wildman–Crippen LogP) is 2.47. The number of rotatable bonds is 3. The Kier molecular flexibility index (Phi) is 4.90. The largest absolute Gasteiger partial charge is 0.376 e. The van der Waals surface area contributed by atoms with Gasteiger partial charge in [0.2, 0.25) is 0 Å². The molecule has 2 saturated heterocycles. The lowest BCUT2D eigenvalue weighted by atomic mass is 9.94. The molecule has 2 fully saturated rings. The number of hydrogen-bond acceptors (Lipinski definition) is 3. The molecule has 4 rings (SSSR count). The number of aromatic amines is 1. The van der Waals surface area contributed by atoms with Crippen molar-refractivity contribution < 1.29 is 14.3 Å². The van der Waals surface area contributed by atoms with E-state index < -0.39 is 0 Å². The molecule has 25 heavy (non-hydrogen) atoms. The number of hydrogen-bond donors (Lipinski definition) is 2. The lowest BCUT2D eigenvalue weighted by Crippen LogP contribution is -2.47. The van der Waals surface area contributed by atoms with Crippen molar-refractivity contribution in [2.75, 3.05) is 39.5 Å². The second-order valence-corrected chi connectivity index (χ2v) is 6.83. The van der Waals surface area contributed by atoms with Gasteiger partial charge >= 0.3 is 6.03 Å². The SMILES string of the molecule is O=C(NC[C@@H]1COCCO1)N1CCC(c2cc3ccccc3[nH]2)CC1. The summed E-state index contributed by atoms with van der Waals surface area (Å²) in [5, 5.41) is 4.23. The van der Waals surface area contributed by atoms with Crippen molar-refractivity contribution in [3.05, 3.63) is 36.0 Å². The standard InChI is InChI=1S/C19H25N3O3/c23-19(20-12-16-13-24-9-10-25-16)22-7-5-14(6-8-22)18-11-15-3-1-2-4-17(15)21-18/h1-4,11,14,16,21H,5-10,12-13H2,(H,20,23)/t16-/m1/s1. The molecule has 1 aromatic heterocycles. The lowest BCUT2D eigenvalue weighted by Gasteiger charge is -2.32. The third-order valence-electron chi connectivity index (χ3n) is 5.14. The number of H-pyrrole nitrogens is 1. The molecule has 134 valence electrons. The highest BCUT2D eigenvalue weighted by atomic mass is 16.6. The van der Waals surface area contributed by atoms with E-state index in [1.54, 1.807) is 0 Å². The van der Waals surface area contributed by atoms with E-state index in [1.807, 2.05) is 4.90 Å². The summed E-state index contributed by atoms with van der Waals surface area (Å²) in [6, 6.07) is 10.6. The Morgan fingerprint density at radius 3 is 2.84 bits per heavy atom. The summed E-state index contributed by atoms with van der Waals surface area (Å²) in [6.07, 6.45) is 1.95. The average Bonchev–Trinajstić information content (AvgIpc) is 3.11. The number of aromatic nitrogens is 1. The van der Waals surface area contributed by atoms with Crippen molar-refractivity contribution in [3.63, 3.8) is 0 Å². The summed E-state index contributed by atoms with van der Waals surface area (Å²) in [7, 11) is 0. The minimum atomic E-state index is -0.0263. The summed E-state index contributed by atoms with van der Waals surface area (Å²) >= 11 is 0. The Bertz CT molecular complexity index is 683. The molecule has 0 saturated carbocycles. The van der Waals surface area contributed by atoms with Gasteiger partial charge in [-0.1, -0.05) is 18.2 Å². The van der Waals surface area contributed by atoms with Crippen LogP contribution in [0.15, 0.2) is 30.3 Å². The van der Waals surface area contributed by atoms with Crippen LogP contribution < -0.4 is 5.32 Å². The number of piperidine rings is 1. The van der Waals surface area contributed by atoms with Crippen LogP contribution in [0, 0.1) is 0 Å². The summed E-state index contributed by atoms with van der Waals surface area (Å²) in [5.41, 5.74) is 2.47. The highest BCUT2D eigenvalue weighted by Gasteiger charge is 2.25. The van der Waals surface area contributed by atoms with Gasteiger partial charge in [0, 0.05) is 36.8 Å². The molecule has 0 bridgehead atoms. The summed E-state index contributed by atoms with van der Waals surface area (Å²) in [5.74, 6) is 0.492. The number of likely N-dealkylation sites (tertiary alicyclic amines) is 1. The highest BCUT2D eigenvalue weighted by molar-refractivity contribution is 5.80. The van der Waals surface area contributed by atoms with Crippen LogP contribution in [0.2, 0.25) is 0 Å². The van der Waals surface area contributed by atoms with E-state index in [4.69, 9.17) is 9.47 Å². The van der Waals surface area contributed by atoms with Crippen LogP contribution in [0.3, 0.4) is 0 Å². The van der Waals surface area contributed by atoms with Gasteiger partial charge in [0.05, 0.1) is 25.9 Å². The Labute approximate surface area is 147 Å². The van der Waals surface area contributed by atoms with Crippen LogP contribution in [0.5, 0.6) is 0 Å². The van der Waals surface area contributed by atoms with E-state index in [1.165, 1.54) is 16.6 Å². The number of para-hydroxylation sites is 1. The monoisotopic (exact) mass is 343 g/mol. The van der Waals surface area contributed by atoms with E-state index in [-0.39, 0.29) is 12.1 Å². The van der Waals surface area contributed by atoms with Gasteiger partial charge in [-0.25, -0.2) is 4.79 Å². The predicted molar refractivity (Wildman–Crippen MR) is 95.8 cm³/mol. The summed E-state index contributed by atoms with van der Waals surface area (Å²) in [4.78, 5) is 17.8. The molecule has 2 N–H and O–H groups in total. The Hall–Kier alpha value is -2.05. The first-order valence-electron chi connectivity index (χ1n) is 9.09. The molecule has 2 aromatic rings. The molecule has 1 atom stereocenters. The first kappa shape index (κ1) is 16.4. The first-order chi connectivity index (χ1) is 12.3. The quantitative estimate of drug-likeness (QED) is 0.900. The van der Waals surface area contributed by atoms with Crippen molar-refractivity contribution in [3.8, 4) is 0 Å². The van der Waals surface area contributed by atoms with Crippen LogP contribution in [-0.2, 0) is 9.47 Å². The Morgan fingerprint density at radius 1 is 1.24 bits per heavy atom. The number of nitrogens with zero attached hydrogens (tertiary/aromatic N) is 1. The normalized spacial score (nSPS) is 22.2. The number of urea groups is 1. The van der Waals surface area contributed by atoms with Crippen LogP contribution in [0.1, 0.15) is 24.5 Å². The van der Waals surface area contributed by atoms with Crippen molar-refractivity contribution in [1.29, 1.82) is 0 Å². The van der Waals surface area contributed by atoms with Gasteiger partial charge in [-0.15, -0.1) is 0 Å². The summed E-state index contributed by atoms with van der Waals surface area (Å²) in [6.45, 7) is 3.90. The van der Waals surface area contributed by atoms with E-state index >= 15 is 0 Å². The molecule has 2 aliphatic rings. The van der Waals surface area contributed by atoms with Gasteiger partial charge in [0.1, 0.15) is 0 Å². The van der Waals surface area contributed by atoms with Crippen molar-refractivity contribution in [1.82, 2.24) is 15.2 Å². The zero-order valence-electron chi connectivity index (χ0n) is 14.4. The fourth-order valence-electron chi connectivity index (χ4n) is 3.68. The van der Waals surface area contributed by atoms with Gasteiger partial charge in [-0.3, -0.25) is 0 Å². The molecule has 2 aliphatic heterocycles. The van der Waals surface area contributed by atoms with Crippen LogP contribution in [0.25, 0.3) is 10.9 Å². The number of amides is 2. The fraction of sp³-hybridized carbons (Fsp3) is 0.526. The zero-order valence-corrected chi connectivity index (χ0v) is 14.4. The molecule has 0 aliphatic carbocycles. The second kappa shape index (κ2) is 7.45. The van der Waals surface area contributed by atoms with E-state index in [0.29, 0.717) is 32.3 Å². The smallest absolute Gasteiger partial charge is 0.317 e. The second-order valence-electron chi connectivity index (χ2n) is 6.83. The number of nitrogens with one attached hydrogen (secondary N) is 2. The summed E-state index contributed by atoms with van der Waals surface area (Å²) < 4.78 is 10.9. The fourth-order valence-corrected chi connectivity index (χ4v) is 3.68. The molecule has 6 heteroatoms. The van der Waals surface area contributed by atoms with Crippen LogP contribution in [-0.4, -0.2) is 61.5 Å². The number of fused-ring (bicyclic) bond motifs is 1. The Morgan fingerprint density at radius 2 is 2.08 bits per heavy atom. The van der Waals surface area contributed by atoms with Crippen molar-refractivity contribution in [2.24, 2.45) is 0 Å². The number of ether oxygens (including phenoxy) is 2. The lowest BCUT2D eigenvalue weighted by molar-refractivity contribution is -0.0856. The number of benzene rings is 1.